The molecule has 1 amide bonds. The fourth-order valence-electron chi connectivity index (χ4n) is 2.21. The first-order valence-electron chi connectivity index (χ1n) is 6.76. The number of likely N-dealkylation sites (tertiary alicyclic amines) is 1. The maximum Gasteiger partial charge on any atom is 0.410 e. The molecule has 2 unspecified atom stereocenters. The van der Waals surface area contributed by atoms with Crippen molar-refractivity contribution in [2.45, 2.75) is 52.6 Å². The van der Waals surface area contributed by atoms with Crippen LogP contribution < -0.4 is 0 Å². The quantitative estimate of drug-likeness (QED) is 0.713. The summed E-state index contributed by atoms with van der Waals surface area (Å²) in [6.45, 7) is 8.90. The molecular weight excluding hydrogens is 230 g/mol. The molecule has 0 aromatic heterocycles. The molecule has 0 bridgehead atoms. The molecule has 0 saturated carbocycles. The second kappa shape index (κ2) is 6.21. The van der Waals surface area contributed by atoms with Gasteiger partial charge in [-0.05, 0) is 39.5 Å². The maximum atomic E-state index is 12.0. The Balaban J connectivity index is 2.64. The minimum atomic E-state index is -0.463. The van der Waals surface area contributed by atoms with Gasteiger partial charge in [0.2, 0.25) is 0 Å². The van der Waals surface area contributed by atoms with Crippen LogP contribution in [0, 0.1) is 11.8 Å². The Labute approximate surface area is 110 Å². The molecule has 1 rings (SSSR count). The van der Waals surface area contributed by atoms with Crippen molar-refractivity contribution in [2.75, 3.05) is 13.1 Å². The lowest BCUT2D eigenvalue weighted by Crippen LogP contribution is -2.40. The van der Waals surface area contributed by atoms with Gasteiger partial charge in [-0.1, -0.05) is 13.3 Å². The van der Waals surface area contributed by atoms with Crippen LogP contribution in [0.15, 0.2) is 0 Å². The van der Waals surface area contributed by atoms with E-state index < -0.39 is 5.60 Å². The number of rotatable bonds is 2. The number of aldehydes is 1. The van der Waals surface area contributed by atoms with Crippen LogP contribution >= 0.6 is 0 Å². The minimum Gasteiger partial charge on any atom is -0.444 e. The molecule has 0 aromatic rings. The van der Waals surface area contributed by atoms with E-state index in [0.29, 0.717) is 6.54 Å². The van der Waals surface area contributed by atoms with Crippen molar-refractivity contribution < 1.29 is 14.3 Å². The Morgan fingerprint density at radius 1 is 1.39 bits per heavy atom. The van der Waals surface area contributed by atoms with E-state index in [9.17, 15) is 9.59 Å². The Morgan fingerprint density at radius 2 is 2.06 bits per heavy atom. The second-order valence-corrected chi connectivity index (χ2v) is 6.18. The fourth-order valence-corrected chi connectivity index (χ4v) is 2.21. The topological polar surface area (TPSA) is 46.6 Å². The van der Waals surface area contributed by atoms with Crippen LogP contribution in [0.25, 0.3) is 0 Å². The van der Waals surface area contributed by atoms with Crippen molar-refractivity contribution in [2.24, 2.45) is 11.8 Å². The van der Waals surface area contributed by atoms with E-state index in [1.165, 1.54) is 0 Å². The summed E-state index contributed by atoms with van der Waals surface area (Å²) in [5.74, 6) is 0.269. The number of amides is 1. The highest BCUT2D eigenvalue weighted by atomic mass is 16.6. The molecular formula is C14H25NO3. The summed E-state index contributed by atoms with van der Waals surface area (Å²) in [4.78, 5) is 24.7. The van der Waals surface area contributed by atoms with Gasteiger partial charge in [-0.2, -0.15) is 0 Å². The zero-order chi connectivity index (χ0) is 13.8. The molecule has 1 aliphatic rings. The molecule has 1 fully saturated rings. The summed E-state index contributed by atoms with van der Waals surface area (Å²) in [6, 6.07) is 0. The molecule has 0 spiro atoms. The average molecular weight is 255 g/mol. The first-order chi connectivity index (χ1) is 8.33. The van der Waals surface area contributed by atoms with E-state index in [4.69, 9.17) is 4.74 Å². The standard InChI is InChI=1S/C14H25NO3/c1-11(10-16)12-7-5-6-8-15(9-12)13(17)18-14(2,3)4/h10-12H,5-9H2,1-4H3. The van der Waals surface area contributed by atoms with Crippen molar-refractivity contribution in [1.29, 1.82) is 0 Å². The molecule has 1 heterocycles. The van der Waals surface area contributed by atoms with Crippen LogP contribution in [-0.4, -0.2) is 36.0 Å². The summed E-state index contributed by atoms with van der Waals surface area (Å²) in [7, 11) is 0. The van der Waals surface area contributed by atoms with Gasteiger partial charge < -0.3 is 14.4 Å². The average Bonchev–Trinajstić information content (AvgIpc) is 2.51. The minimum absolute atomic E-state index is 0.00744. The molecule has 2 atom stereocenters. The first kappa shape index (κ1) is 15.0. The molecule has 4 heteroatoms. The lowest BCUT2D eigenvalue weighted by Gasteiger charge is -2.29. The maximum absolute atomic E-state index is 12.0. The number of carbonyl (C=O) groups is 2. The van der Waals surface area contributed by atoms with Gasteiger partial charge in [0.15, 0.2) is 0 Å². The lowest BCUT2D eigenvalue weighted by molar-refractivity contribution is -0.112. The van der Waals surface area contributed by atoms with Crippen LogP contribution in [0.5, 0.6) is 0 Å². The predicted octanol–water partition coefficient (Wildman–Crippen LogP) is 2.86. The number of ether oxygens (including phenoxy) is 1. The van der Waals surface area contributed by atoms with Gasteiger partial charge in [0.05, 0.1) is 0 Å². The van der Waals surface area contributed by atoms with Gasteiger partial charge >= 0.3 is 6.09 Å². The van der Waals surface area contributed by atoms with E-state index in [0.717, 1.165) is 32.1 Å². The predicted molar refractivity (Wildman–Crippen MR) is 70.4 cm³/mol. The largest absolute Gasteiger partial charge is 0.444 e. The highest BCUT2D eigenvalue weighted by molar-refractivity contribution is 5.68. The van der Waals surface area contributed by atoms with Crippen molar-refractivity contribution in [3.05, 3.63) is 0 Å². The first-order valence-corrected chi connectivity index (χ1v) is 6.76. The molecule has 4 nitrogen and oxygen atoms in total. The smallest absolute Gasteiger partial charge is 0.410 e. The van der Waals surface area contributed by atoms with Crippen LogP contribution in [0.2, 0.25) is 0 Å². The Hall–Kier alpha value is -1.06. The van der Waals surface area contributed by atoms with Crippen LogP contribution in [-0.2, 0) is 9.53 Å². The molecule has 1 saturated heterocycles. The number of hydrogen-bond acceptors (Lipinski definition) is 3. The lowest BCUT2D eigenvalue weighted by atomic mass is 9.91. The molecule has 0 N–H and O–H groups in total. The van der Waals surface area contributed by atoms with Gasteiger partial charge in [-0.3, -0.25) is 0 Å². The molecule has 0 radical (unpaired) electrons. The molecule has 0 aliphatic carbocycles. The van der Waals surface area contributed by atoms with Crippen molar-refractivity contribution in [3.63, 3.8) is 0 Å². The summed E-state index contributed by atoms with van der Waals surface area (Å²) < 4.78 is 5.39. The number of hydrogen-bond donors (Lipinski definition) is 0. The Morgan fingerprint density at radius 3 is 2.61 bits per heavy atom. The molecule has 0 aromatic carbocycles. The number of nitrogens with zero attached hydrogens (tertiary/aromatic N) is 1. The zero-order valence-corrected chi connectivity index (χ0v) is 11.9. The van der Waals surface area contributed by atoms with E-state index in [1.807, 2.05) is 27.7 Å². The summed E-state index contributed by atoms with van der Waals surface area (Å²) in [5, 5.41) is 0. The van der Waals surface area contributed by atoms with E-state index in [1.54, 1.807) is 4.90 Å². The molecule has 1 aliphatic heterocycles. The Bertz CT molecular complexity index is 296. The van der Waals surface area contributed by atoms with Gasteiger partial charge in [0.1, 0.15) is 11.9 Å². The third-order valence-electron chi connectivity index (χ3n) is 3.32. The zero-order valence-electron chi connectivity index (χ0n) is 11.9. The van der Waals surface area contributed by atoms with Crippen molar-refractivity contribution in [3.8, 4) is 0 Å². The SMILES string of the molecule is CC(C=O)C1CCCCN(C(=O)OC(C)(C)C)C1. The van der Waals surface area contributed by atoms with Gasteiger partial charge in [0, 0.05) is 19.0 Å². The summed E-state index contributed by atoms with van der Waals surface area (Å²) in [6.07, 6.45) is 3.80. The van der Waals surface area contributed by atoms with E-state index in [2.05, 4.69) is 0 Å². The van der Waals surface area contributed by atoms with Gasteiger partial charge in [-0.25, -0.2) is 4.79 Å². The normalized spacial score (nSPS) is 23.1. The number of carbonyl (C=O) groups excluding carboxylic acids is 2. The van der Waals surface area contributed by atoms with Crippen LogP contribution in [0.1, 0.15) is 47.0 Å². The van der Waals surface area contributed by atoms with Gasteiger partial charge in [-0.15, -0.1) is 0 Å². The van der Waals surface area contributed by atoms with E-state index >= 15 is 0 Å². The second-order valence-electron chi connectivity index (χ2n) is 6.18. The molecule has 18 heavy (non-hydrogen) atoms. The van der Waals surface area contributed by atoms with Crippen LogP contribution in [0.4, 0.5) is 4.79 Å². The van der Waals surface area contributed by atoms with Crippen molar-refractivity contribution >= 4 is 12.4 Å². The summed E-state index contributed by atoms with van der Waals surface area (Å²) >= 11 is 0. The van der Waals surface area contributed by atoms with Crippen LogP contribution in [0.3, 0.4) is 0 Å². The fraction of sp³-hybridized carbons (Fsp3) is 0.857. The van der Waals surface area contributed by atoms with Gasteiger partial charge in [0.25, 0.3) is 0 Å². The Kier molecular flexibility index (Phi) is 5.17. The highest BCUT2D eigenvalue weighted by Crippen LogP contribution is 2.23. The highest BCUT2D eigenvalue weighted by Gasteiger charge is 2.28. The monoisotopic (exact) mass is 255 g/mol. The summed E-state index contributed by atoms with van der Waals surface area (Å²) in [5.41, 5.74) is -0.463. The molecule has 104 valence electrons. The third-order valence-corrected chi connectivity index (χ3v) is 3.32. The van der Waals surface area contributed by atoms with E-state index in [-0.39, 0.29) is 17.9 Å². The third kappa shape index (κ3) is 4.67. The van der Waals surface area contributed by atoms with Crippen molar-refractivity contribution in [1.82, 2.24) is 4.90 Å².